The maximum Gasteiger partial charge on any atom is 0.290 e. The van der Waals surface area contributed by atoms with E-state index in [1.54, 1.807) is 25.0 Å². The number of aliphatic hydroxyl groups excluding tert-OH is 1. The van der Waals surface area contributed by atoms with E-state index in [2.05, 4.69) is 9.88 Å². The number of thiazole rings is 1. The number of aromatic nitrogens is 1. The third-order valence-corrected chi connectivity index (χ3v) is 7.14. The van der Waals surface area contributed by atoms with Crippen LogP contribution in [0.3, 0.4) is 0 Å². The molecule has 1 aromatic heterocycles. The average molecular weight is 472 g/mol. The summed E-state index contributed by atoms with van der Waals surface area (Å²) in [6.45, 7) is 7.95. The van der Waals surface area contributed by atoms with Gasteiger partial charge in [0.2, 0.25) is 5.78 Å². The lowest BCUT2D eigenvalue weighted by atomic mass is 9.94. The van der Waals surface area contributed by atoms with Crippen molar-refractivity contribution in [2.24, 2.45) is 0 Å². The molecule has 176 valence electrons. The van der Waals surface area contributed by atoms with Crippen LogP contribution in [0.15, 0.2) is 35.6 Å². The van der Waals surface area contributed by atoms with Gasteiger partial charge in [0.05, 0.1) is 47.5 Å². The second-order valence-electron chi connectivity index (χ2n) is 8.19. The lowest BCUT2D eigenvalue weighted by molar-refractivity contribution is -0.129. The van der Waals surface area contributed by atoms with Crippen LogP contribution in [0.4, 0.5) is 0 Å². The summed E-state index contributed by atoms with van der Waals surface area (Å²) in [5.74, 6) is -0.830. The number of amides is 1. The number of methoxy groups -OCH3 is 1. The number of hydrogen-bond donors (Lipinski definition) is 1. The largest absolute Gasteiger partial charge is 0.503 e. The van der Waals surface area contributed by atoms with E-state index in [1.807, 2.05) is 25.1 Å². The molecule has 0 radical (unpaired) electrons. The molecular formula is C24H29N3O5S. The molecule has 0 saturated carbocycles. The zero-order valence-electron chi connectivity index (χ0n) is 19.2. The summed E-state index contributed by atoms with van der Waals surface area (Å²) in [5, 5.41) is 11.6. The molecule has 1 atom stereocenters. The summed E-state index contributed by atoms with van der Waals surface area (Å²) < 4.78 is 11.0. The van der Waals surface area contributed by atoms with E-state index in [4.69, 9.17) is 9.47 Å². The number of hydrogen-bond acceptors (Lipinski definition) is 8. The summed E-state index contributed by atoms with van der Waals surface area (Å²) >= 11 is 1.27. The van der Waals surface area contributed by atoms with Crippen molar-refractivity contribution in [1.29, 1.82) is 0 Å². The van der Waals surface area contributed by atoms with Gasteiger partial charge in [-0.25, -0.2) is 4.98 Å². The Labute approximate surface area is 197 Å². The number of carbonyl (C=O) groups is 2. The van der Waals surface area contributed by atoms with Gasteiger partial charge in [0.1, 0.15) is 5.75 Å². The van der Waals surface area contributed by atoms with Crippen LogP contribution < -0.4 is 4.74 Å². The molecule has 1 fully saturated rings. The minimum atomic E-state index is -0.729. The van der Waals surface area contributed by atoms with E-state index in [1.165, 1.54) is 11.3 Å². The number of carbonyl (C=O) groups excluding carboxylic acids is 2. The Kier molecular flexibility index (Phi) is 7.11. The molecule has 1 aromatic carbocycles. The molecule has 1 saturated heterocycles. The van der Waals surface area contributed by atoms with Crippen molar-refractivity contribution in [2.45, 2.75) is 26.3 Å². The number of morpholine rings is 1. The highest BCUT2D eigenvalue weighted by atomic mass is 32.1. The lowest BCUT2D eigenvalue weighted by Crippen LogP contribution is -2.39. The maximum atomic E-state index is 13.6. The lowest BCUT2D eigenvalue weighted by Gasteiger charge is -2.30. The molecule has 2 aliphatic rings. The molecule has 2 aliphatic heterocycles. The number of benzene rings is 1. The van der Waals surface area contributed by atoms with E-state index in [9.17, 15) is 14.7 Å². The van der Waals surface area contributed by atoms with E-state index in [-0.39, 0.29) is 11.4 Å². The number of Topliss-reactive ketones (excluding diaryl/α,β-unsaturated/α-hetero) is 1. The third-order valence-electron chi connectivity index (χ3n) is 6.07. The van der Waals surface area contributed by atoms with Crippen molar-refractivity contribution in [3.05, 3.63) is 56.7 Å². The molecule has 33 heavy (non-hydrogen) atoms. The highest BCUT2D eigenvalue weighted by Crippen LogP contribution is 2.43. The van der Waals surface area contributed by atoms with Gasteiger partial charge in [0.15, 0.2) is 5.76 Å². The first-order chi connectivity index (χ1) is 15.9. The molecule has 4 rings (SSSR count). The van der Waals surface area contributed by atoms with Crippen LogP contribution in [0.25, 0.3) is 0 Å². The fraction of sp³-hybridized carbons (Fsp3) is 0.458. The zero-order chi connectivity index (χ0) is 23.5. The van der Waals surface area contributed by atoms with Crippen molar-refractivity contribution in [2.75, 3.05) is 46.5 Å². The highest BCUT2D eigenvalue weighted by Gasteiger charge is 2.45. The molecule has 1 amide bonds. The predicted molar refractivity (Wildman–Crippen MR) is 125 cm³/mol. The second-order valence-corrected chi connectivity index (χ2v) is 9.39. The summed E-state index contributed by atoms with van der Waals surface area (Å²) in [5.41, 5.74) is 1.36. The first kappa shape index (κ1) is 23.4. The molecule has 9 heteroatoms. The molecule has 0 spiro atoms. The standard InChI is InChI=1S/C24H29N3O5S/c1-15-23(33-16(2)25-15)21(28)19-20(17-7-4-5-8-18(17)31-3)27(24(30)22(19)29)10-6-9-26-11-13-32-14-12-26/h4-5,7-8,20,29H,6,9-14H2,1-3H3/t20-/m0/s1. The van der Waals surface area contributed by atoms with Crippen molar-refractivity contribution in [3.8, 4) is 5.75 Å². The van der Waals surface area contributed by atoms with Gasteiger partial charge in [-0.15, -0.1) is 11.3 Å². The Hall–Kier alpha value is -2.75. The maximum absolute atomic E-state index is 13.6. The Morgan fingerprint density at radius 3 is 2.64 bits per heavy atom. The van der Waals surface area contributed by atoms with Crippen molar-refractivity contribution >= 4 is 23.0 Å². The highest BCUT2D eigenvalue weighted by molar-refractivity contribution is 7.14. The van der Waals surface area contributed by atoms with Crippen molar-refractivity contribution in [3.63, 3.8) is 0 Å². The fourth-order valence-corrected chi connectivity index (χ4v) is 5.36. The molecular weight excluding hydrogens is 442 g/mol. The number of aryl methyl sites for hydroxylation is 2. The zero-order valence-corrected chi connectivity index (χ0v) is 20.0. The van der Waals surface area contributed by atoms with Crippen LogP contribution in [0, 0.1) is 13.8 Å². The Bertz CT molecular complexity index is 1070. The molecule has 2 aromatic rings. The first-order valence-electron chi connectivity index (χ1n) is 11.1. The summed E-state index contributed by atoms with van der Waals surface area (Å²) in [6.07, 6.45) is 0.713. The number of nitrogens with zero attached hydrogens (tertiary/aromatic N) is 3. The van der Waals surface area contributed by atoms with Gasteiger partial charge in [-0.1, -0.05) is 18.2 Å². The smallest absolute Gasteiger partial charge is 0.290 e. The van der Waals surface area contributed by atoms with Crippen LogP contribution in [-0.4, -0.2) is 78.1 Å². The average Bonchev–Trinajstić information content (AvgIpc) is 3.29. The van der Waals surface area contributed by atoms with Gasteiger partial charge in [-0.2, -0.15) is 0 Å². The fourth-order valence-electron chi connectivity index (χ4n) is 4.49. The van der Waals surface area contributed by atoms with Crippen LogP contribution in [0.5, 0.6) is 5.75 Å². The molecule has 0 bridgehead atoms. The van der Waals surface area contributed by atoms with Gasteiger partial charge < -0.3 is 19.5 Å². The minimum Gasteiger partial charge on any atom is -0.503 e. The monoisotopic (exact) mass is 471 g/mol. The molecule has 1 N–H and O–H groups in total. The van der Waals surface area contributed by atoms with E-state index in [0.717, 1.165) is 24.6 Å². The summed E-state index contributed by atoms with van der Waals surface area (Å²) in [6, 6.07) is 6.58. The van der Waals surface area contributed by atoms with Crippen molar-refractivity contribution in [1.82, 2.24) is 14.8 Å². The minimum absolute atomic E-state index is 0.0858. The normalized spacial score (nSPS) is 19.4. The van der Waals surface area contributed by atoms with Crippen LogP contribution in [0.2, 0.25) is 0 Å². The van der Waals surface area contributed by atoms with E-state index >= 15 is 0 Å². The van der Waals surface area contributed by atoms with Gasteiger partial charge in [0.25, 0.3) is 5.91 Å². The predicted octanol–water partition coefficient (Wildman–Crippen LogP) is 3.07. The molecule has 8 nitrogen and oxygen atoms in total. The van der Waals surface area contributed by atoms with E-state index < -0.39 is 17.7 Å². The Morgan fingerprint density at radius 1 is 1.24 bits per heavy atom. The first-order valence-corrected chi connectivity index (χ1v) is 11.9. The molecule has 0 unspecified atom stereocenters. The topological polar surface area (TPSA) is 92.2 Å². The number of ether oxygens (including phenoxy) is 2. The number of aliphatic hydroxyl groups is 1. The molecule has 3 heterocycles. The summed E-state index contributed by atoms with van der Waals surface area (Å²) in [7, 11) is 1.56. The van der Waals surface area contributed by atoms with Crippen LogP contribution >= 0.6 is 11.3 Å². The van der Waals surface area contributed by atoms with Crippen molar-refractivity contribution < 1.29 is 24.2 Å². The van der Waals surface area contributed by atoms with E-state index in [0.29, 0.717) is 48.1 Å². The Morgan fingerprint density at radius 2 is 1.97 bits per heavy atom. The second kappa shape index (κ2) is 10.0. The van der Waals surface area contributed by atoms with Crippen LogP contribution in [-0.2, 0) is 9.53 Å². The van der Waals surface area contributed by atoms with Crippen LogP contribution in [0.1, 0.15) is 38.4 Å². The van der Waals surface area contributed by atoms with Gasteiger partial charge >= 0.3 is 0 Å². The quantitative estimate of drug-likeness (QED) is 0.592. The van der Waals surface area contributed by atoms with Gasteiger partial charge in [-0.05, 0) is 26.3 Å². The number of ketones is 1. The SMILES string of the molecule is COc1ccccc1[C@H]1C(C(=O)c2sc(C)nc2C)=C(O)C(=O)N1CCCN1CCOCC1. The van der Waals surface area contributed by atoms with Gasteiger partial charge in [0, 0.05) is 31.7 Å². The summed E-state index contributed by atoms with van der Waals surface area (Å²) in [4.78, 5) is 35.5. The molecule has 0 aliphatic carbocycles. The third kappa shape index (κ3) is 4.66. The number of rotatable bonds is 8. The van der Waals surface area contributed by atoms with Gasteiger partial charge in [-0.3, -0.25) is 14.5 Å². The Balaban J connectivity index is 1.67. The number of para-hydroxylation sites is 1.